The Balaban J connectivity index is 1.31. The highest BCUT2D eigenvalue weighted by Gasteiger charge is 2.40. The number of anilines is 1. The summed E-state index contributed by atoms with van der Waals surface area (Å²) in [4.78, 5) is 0.350. The second kappa shape index (κ2) is 7.56. The topological polar surface area (TPSA) is 49.4 Å². The molecule has 0 amide bonds. The minimum Gasteiger partial charge on any atom is -0.307 e. The predicted octanol–water partition coefficient (Wildman–Crippen LogP) is 4.64. The van der Waals surface area contributed by atoms with Gasteiger partial charge in [-0.3, -0.25) is 4.31 Å². The van der Waals surface area contributed by atoms with E-state index in [9.17, 15) is 8.42 Å². The predicted molar refractivity (Wildman–Crippen MR) is 120 cm³/mol. The normalized spacial score (nSPS) is 21.3. The van der Waals surface area contributed by atoms with Gasteiger partial charge in [0.25, 0.3) is 10.0 Å². The van der Waals surface area contributed by atoms with Crippen molar-refractivity contribution in [2.75, 3.05) is 10.8 Å². The fraction of sp³-hybridized carbons (Fsp3) is 0.280. The highest BCUT2D eigenvalue weighted by atomic mass is 32.2. The quantitative estimate of drug-likeness (QED) is 0.634. The van der Waals surface area contributed by atoms with Crippen LogP contribution in [0.1, 0.15) is 42.0 Å². The van der Waals surface area contributed by atoms with Crippen LogP contribution in [0.15, 0.2) is 83.8 Å². The summed E-state index contributed by atoms with van der Waals surface area (Å²) in [5.41, 5.74) is 4.57. The van der Waals surface area contributed by atoms with E-state index in [1.54, 1.807) is 28.6 Å². The van der Waals surface area contributed by atoms with Crippen LogP contribution >= 0.6 is 0 Å². The molecule has 5 rings (SSSR count). The maximum absolute atomic E-state index is 13.1. The van der Waals surface area contributed by atoms with E-state index in [1.165, 1.54) is 11.1 Å². The lowest BCUT2D eigenvalue weighted by Gasteiger charge is -2.20. The third kappa shape index (κ3) is 3.53. The molecular weight excluding hydrogens is 392 g/mol. The number of nitrogens with zero attached hydrogens (tertiary/aromatic N) is 1. The maximum atomic E-state index is 13.1. The maximum Gasteiger partial charge on any atom is 0.264 e. The van der Waals surface area contributed by atoms with Crippen molar-refractivity contribution in [2.45, 2.75) is 42.7 Å². The van der Waals surface area contributed by atoms with Crippen molar-refractivity contribution >= 4 is 15.7 Å². The van der Waals surface area contributed by atoms with Gasteiger partial charge in [0.2, 0.25) is 0 Å². The van der Waals surface area contributed by atoms with E-state index < -0.39 is 10.0 Å². The van der Waals surface area contributed by atoms with Crippen molar-refractivity contribution in [3.05, 3.63) is 95.6 Å². The van der Waals surface area contributed by atoms with Crippen molar-refractivity contribution < 1.29 is 8.42 Å². The van der Waals surface area contributed by atoms with Gasteiger partial charge < -0.3 is 5.32 Å². The fourth-order valence-corrected chi connectivity index (χ4v) is 6.02. The third-order valence-electron chi connectivity index (χ3n) is 6.27. The number of rotatable bonds is 6. The molecule has 1 aliphatic carbocycles. The lowest BCUT2D eigenvalue weighted by atomic mass is 10.0. The molecule has 3 atom stereocenters. The Labute approximate surface area is 178 Å². The Morgan fingerprint density at radius 3 is 2.40 bits per heavy atom. The molecule has 3 unspecified atom stereocenters. The van der Waals surface area contributed by atoms with Crippen LogP contribution in [0.5, 0.6) is 0 Å². The molecule has 1 saturated carbocycles. The summed E-state index contributed by atoms with van der Waals surface area (Å²) in [6.07, 6.45) is 1.89. The lowest BCUT2D eigenvalue weighted by Crippen LogP contribution is -2.29. The van der Waals surface area contributed by atoms with Gasteiger partial charge >= 0.3 is 0 Å². The van der Waals surface area contributed by atoms with Gasteiger partial charge in [0.05, 0.1) is 10.6 Å². The van der Waals surface area contributed by atoms with E-state index in [0.717, 1.165) is 24.1 Å². The molecule has 3 aromatic rings. The summed E-state index contributed by atoms with van der Waals surface area (Å²) in [6, 6.07) is 26.3. The molecule has 154 valence electrons. The monoisotopic (exact) mass is 418 g/mol. The number of hydrogen-bond donors (Lipinski definition) is 1. The second-order valence-electron chi connectivity index (χ2n) is 8.28. The highest BCUT2D eigenvalue weighted by Crippen LogP contribution is 2.44. The third-order valence-corrected chi connectivity index (χ3v) is 8.10. The molecule has 2 aliphatic rings. The Bertz CT molecular complexity index is 1150. The Hall–Kier alpha value is -2.63. The van der Waals surface area contributed by atoms with Gasteiger partial charge in [-0.15, -0.1) is 0 Å². The molecule has 1 heterocycles. The first-order valence-electron chi connectivity index (χ1n) is 10.6. The Morgan fingerprint density at radius 1 is 0.967 bits per heavy atom. The van der Waals surface area contributed by atoms with E-state index in [0.29, 0.717) is 29.4 Å². The number of fused-ring (bicyclic) bond motifs is 1. The first-order valence-corrected chi connectivity index (χ1v) is 12.0. The molecule has 5 heteroatoms. The summed E-state index contributed by atoms with van der Waals surface area (Å²) < 4.78 is 27.7. The van der Waals surface area contributed by atoms with Gasteiger partial charge in [0, 0.05) is 24.5 Å². The van der Waals surface area contributed by atoms with Crippen LogP contribution in [0.4, 0.5) is 5.69 Å². The van der Waals surface area contributed by atoms with Gasteiger partial charge in [0.1, 0.15) is 0 Å². The standard InChI is InChI=1S/C25H26N2O2S/c1-18(19-8-4-2-5-9-19)26-24-17-23(24)20-12-13-25-21(16-20)14-15-27(25)30(28,29)22-10-6-3-7-11-22/h2-13,16,18,23-24,26H,14-15,17H2,1H3. The summed E-state index contributed by atoms with van der Waals surface area (Å²) in [5, 5.41) is 3.73. The minimum absolute atomic E-state index is 0.321. The molecular formula is C25H26N2O2S. The van der Waals surface area contributed by atoms with Gasteiger partial charge in [-0.1, -0.05) is 60.7 Å². The van der Waals surface area contributed by atoms with Crippen molar-refractivity contribution in [1.82, 2.24) is 5.32 Å². The van der Waals surface area contributed by atoms with Crippen molar-refractivity contribution in [1.29, 1.82) is 0 Å². The summed E-state index contributed by atoms with van der Waals surface area (Å²) >= 11 is 0. The average molecular weight is 419 g/mol. The molecule has 3 aromatic carbocycles. The zero-order valence-electron chi connectivity index (χ0n) is 17.0. The molecule has 1 fully saturated rings. The SMILES string of the molecule is CC(NC1CC1c1ccc2c(c1)CCN2S(=O)(=O)c1ccccc1)c1ccccc1. The van der Waals surface area contributed by atoms with Crippen LogP contribution in [0.25, 0.3) is 0 Å². The smallest absolute Gasteiger partial charge is 0.264 e. The first-order chi connectivity index (χ1) is 14.5. The van der Waals surface area contributed by atoms with Gasteiger partial charge in [-0.25, -0.2) is 8.42 Å². The van der Waals surface area contributed by atoms with Crippen molar-refractivity contribution in [3.8, 4) is 0 Å². The number of nitrogens with one attached hydrogen (secondary N) is 1. The van der Waals surface area contributed by atoms with Crippen LogP contribution in [-0.4, -0.2) is 21.0 Å². The first kappa shape index (κ1) is 19.3. The molecule has 1 aliphatic heterocycles. The Morgan fingerprint density at radius 2 is 1.67 bits per heavy atom. The van der Waals surface area contributed by atoms with Crippen molar-refractivity contribution in [2.24, 2.45) is 0 Å². The summed E-state index contributed by atoms with van der Waals surface area (Å²) in [5.74, 6) is 0.501. The van der Waals surface area contributed by atoms with E-state index in [-0.39, 0.29) is 0 Å². The largest absolute Gasteiger partial charge is 0.307 e. The van der Waals surface area contributed by atoms with Crippen LogP contribution in [0, 0.1) is 0 Å². The van der Waals surface area contributed by atoms with Crippen LogP contribution in [0.3, 0.4) is 0 Å². The fourth-order valence-electron chi connectivity index (χ4n) is 4.50. The number of sulfonamides is 1. The van der Waals surface area contributed by atoms with E-state index >= 15 is 0 Å². The molecule has 0 spiro atoms. The Kier molecular flexibility index (Phi) is 4.88. The van der Waals surface area contributed by atoms with Gasteiger partial charge in [-0.05, 0) is 54.7 Å². The number of benzene rings is 3. The highest BCUT2D eigenvalue weighted by molar-refractivity contribution is 7.92. The van der Waals surface area contributed by atoms with E-state index in [2.05, 4.69) is 48.6 Å². The molecule has 4 nitrogen and oxygen atoms in total. The lowest BCUT2D eigenvalue weighted by molar-refractivity contribution is 0.563. The molecule has 0 saturated heterocycles. The van der Waals surface area contributed by atoms with E-state index in [1.807, 2.05) is 18.2 Å². The summed E-state index contributed by atoms with van der Waals surface area (Å²) in [6.45, 7) is 2.72. The molecule has 1 N–H and O–H groups in total. The van der Waals surface area contributed by atoms with Gasteiger partial charge in [0.15, 0.2) is 0 Å². The molecule has 0 bridgehead atoms. The van der Waals surface area contributed by atoms with Crippen LogP contribution in [0.2, 0.25) is 0 Å². The van der Waals surface area contributed by atoms with Gasteiger partial charge in [-0.2, -0.15) is 0 Å². The molecule has 0 aromatic heterocycles. The number of hydrogen-bond acceptors (Lipinski definition) is 3. The second-order valence-corrected chi connectivity index (χ2v) is 10.1. The molecule has 30 heavy (non-hydrogen) atoms. The van der Waals surface area contributed by atoms with Crippen LogP contribution in [-0.2, 0) is 16.4 Å². The minimum atomic E-state index is -3.51. The van der Waals surface area contributed by atoms with Crippen molar-refractivity contribution in [3.63, 3.8) is 0 Å². The zero-order chi connectivity index (χ0) is 20.7. The van der Waals surface area contributed by atoms with E-state index in [4.69, 9.17) is 0 Å². The van der Waals surface area contributed by atoms with Crippen LogP contribution < -0.4 is 9.62 Å². The zero-order valence-corrected chi connectivity index (χ0v) is 17.8. The summed E-state index contributed by atoms with van der Waals surface area (Å²) in [7, 11) is -3.51. The molecule has 0 radical (unpaired) electrons. The average Bonchev–Trinajstić information content (AvgIpc) is 3.40.